The largest absolute Gasteiger partial charge is 0.487 e. The van der Waals surface area contributed by atoms with Crippen LogP contribution in [0, 0.1) is 6.92 Å². The van der Waals surface area contributed by atoms with Crippen LogP contribution in [0.15, 0.2) is 107 Å². The van der Waals surface area contributed by atoms with Gasteiger partial charge >= 0.3 is 0 Å². The maximum atomic E-state index is 13.3. The number of halogens is 1. The van der Waals surface area contributed by atoms with Gasteiger partial charge in [0.1, 0.15) is 12.4 Å². The third-order valence-corrected chi connectivity index (χ3v) is 5.87. The molecule has 0 unspecified atom stereocenters. The van der Waals surface area contributed by atoms with Crippen molar-refractivity contribution in [2.45, 2.75) is 13.5 Å². The summed E-state index contributed by atoms with van der Waals surface area (Å²) in [6.45, 7) is 2.47. The number of fused-ring (bicyclic) bond motifs is 1. The highest BCUT2D eigenvalue weighted by Crippen LogP contribution is 2.26. The van der Waals surface area contributed by atoms with Gasteiger partial charge in [0.2, 0.25) is 0 Å². The highest BCUT2D eigenvalue weighted by Gasteiger charge is 2.12. The van der Waals surface area contributed by atoms with Gasteiger partial charge < -0.3 is 4.74 Å². The summed E-state index contributed by atoms with van der Waals surface area (Å²) in [5.74, 6) is 1.05. The topological polar surface area (TPSA) is 56.5 Å². The van der Waals surface area contributed by atoms with Gasteiger partial charge in [0.25, 0.3) is 5.56 Å². The number of aromatic nitrogens is 2. The molecule has 0 fully saturated rings. The van der Waals surface area contributed by atoms with E-state index in [2.05, 4.69) is 5.10 Å². The summed E-state index contributed by atoms with van der Waals surface area (Å²) in [7, 11) is 0. The zero-order chi connectivity index (χ0) is 24.2. The molecule has 0 aliphatic rings. The molecule has 0 saturated heterocycles. The van der Waals surface area contributed by atoms with Crippen LogP contribution in [0.25, 0.3) is 22.3 Å². The van der Waals surface area contributed by atoms with Crippen molar-refractivity contribution in [2.75, 3.05) is 0 Å². The van der Waals surface area contributed by atoms with Crippen molar-refractivity contribution in [2.24, 2.45) is 5.10 Å². The molecular weight excluding hydrogens is 458 g/mol. The normalized spacial score (nSPS) is 11.3. The van der Waals surface area contributed by atoms with Crippen molar-refractivity contribution in [3.05, 3.63) is 129 Å². The van der Waals surface area contributed by atoms with E-state index in [1.54, 1.807) is 24.4 Å². The Kier molecular flexibility index (Phi) is 6.42. The number of aryl methyl sites for hydroxylation is 1. The maximum Gasteiger partial charge on any atom is 0.282 e. The van der Waals surface area contributed by atoms with Crippen LogP contribution in [-0.4, -0.2) is 15.9 Å². The van der Waals surface area contributed by atoms with Gasteiger partial charge in [-0.1, -0.05) is 83.9 Å². The predicted octanol–water partition coefficient (Wildman–Crippen LogP) is 6.49. The molecule has 0 N–H and O–H groups in total. The number of hydrogen-bond donors (Lipinski definition) is 0. The van der Waals surface area contributed by atoms with Crippen LogP contribution < -0.4 is 10.3 Å². The third-order valence-electron chi connectivity index (χ3n) is 5.58. The zero-order valence-corrected chi connectivity index (χ0v) is 19.8. The fourth-order valence-corrected chi connectivity index (χ4v) is 3.93. The van der Waals surface area contributed by atoms with Crippen molar-refractivity contribution < 1.29 is 4.74 Å². The minimum atomic E-state index is -0.241. The lowest BCUT2D eigenvalue weighted by Crippen LogP contribution is -2.20. The first-order valence-electron chi connectivity index (χ1n) is 11.2. The molecule has 0 atom stereocenters. The van der Waals surface area contributed by atoms with Gasteiger partial charge in [-0.2, -0.15) is 9.78 Å². The Bertz CT molecular complexity index is 1580. The van der Waals surface area contributed by atoms with Crippen LogP contribution in [0.5, 0.6) is 5.75 Å². The van der Waals surface area contributed by atoms with Crippen molar-refractivity contribution in [3.8, 4) is 17.1 Å². The summed E-state index contributed by atoms with van der Waals surface area (Å²) in [5, 5.41) is 5.46. The minimum absolute atomic E-state index is 0.241. The summed E-state index contributed by atoms with van der Waals surface area (Å²) in [5.41, 5.74) is 4.18. The summed E-state index contributed by atoms with van der Waals surface area (Å²) in [6.07, 6.45) is 1.60. The van der Waals surface area contributed by atoms with Gasteiger partial charge in [-0.15, -0.1) is 0 Å². The molecule has 35 heavy (non-hydrogen) atoms. The van der Waals surface area contributed by atoms with E-state index in [-0.39, 0.29) is 5.56 Å². The molecule has 0 aliphatic carbocycles. The lowest BCUT2D eigenvalue weighted by Gasteiger charge is -2.10. The van der Waals surface area contributed by atoms with Crippen LogP contribution >= 0.6 is 11.6 Å². The van der Waals surface area contributed by atoms with E-state index < -0.39 is 0 Å². The molecule has 0 saturated carbocycles. The van der Waals surface area contributed by atoms with Crippen LogP contribution in [0.3, 0.4) is 0 Å². The molecule has 0 bridgehead atoms. The fourth-order valence-electron chi connectivity index (χ4n) is 3.69. The molecule has 5 rings (SSSR count). The summed E-state index contributed by atoms with van der Waals surface area (Å²) in [6, 6.07) is 30.4. The lowest BCUT2D eigenvalue weighted by atomic mass is 10.2. The molecule has 0 amide bonds. The van der Waals surface area contributed by atoms with Gasteiger partial charge in [0.05, 0.1) is 22.1 Å². The molecule has 5 aromatic rings. The Labute approximate surface area is 207 Å². The maximum absolute atomic E-state index is 13.3. The highest BCUT2D eigenvalue weighted by atomic mass is 35.5. The number of hydrogen-bond acceptors (Lipinski definition) is 4. The molecule has 0 spiro atoms. The predicted molar refractivity (Wildman–Crippen MR) is 141 cm³/mol. The van der Waals surface area contributed by atoms with Crippen LogP contribution in [0.2, 0.25) is 5.02 Å². The summed E-state index contributed by atoms with van der Waals surface area (Å²) < 4.78 is 7.21. The number of nitrogens with zero attached hydrogens (tertiary/aromatic N) is 3. The molecule has 5 nitrogen and oxygen atoms in total. The van der Waals surface area contributed by atoms with E-state index in [1.807, 2.05) is 85.8 Å². The van der Waals surface area contributed by atoms with E-state index in [0.717, 1.165) is 16.7 Å². The number of benzene rings is 4. The van der Waals surface area contributed by atoms with E-state index in [0.29, 0.717) is 34.1 Å². The molecule has 0 radical (unpaired) electrons. The SMILES string of the molecule is Cc1ccc(COc2ccc(C=Nn3c(-c4ccccc4)nc4ccccc4c3=O)cc2Cl)cc1. The first-order valence-corrected chi connectivity index (χ1v) is 11.6. The standard InChI is InChI=1S/C29H22ClN3O2/c1-20-11-13-21(14-12-20)19-35-27-16-15-22(17-25(27)30)18-31-33-28(23-7-3-2-4-8-23)32-26-10-6-5-9-24(26)29(33)34/h2-18H,19H2,1H3. The van der Waals surface area contributed by atoms with Crippen LogP contribution in [0.1, 0.15) is 16.7 Å². The Morgan fingerprint density at radius 1 is 0.943 bits per heavy atom. The quantitative estimate of drug-likeness (QED) is 0.262. The third kappa shape index (κ3) is 5.00. The summed E-state index contributed by atoms with van der Waals surface area (Å²) >= 11 is 6.47. The Morgan fingerprint density at radius 2 is 1.69 bits per heavy atom. The first-order chi connectivity index (χ1) is 17.1. The van der Waals surface area contributed by atoms with Gasteiger partial charge in [0.15, 0.2) is 5.82 Å². The molecular formula is C29H22ClN3O2. The zero-order valence-electron chi connectivity index (χ0n) is 19.1. The van der Waals surface area contributed by atoms with Gasteiger partial charge in [0, 0.05) is 5.56 Å². The van der Waals surface area contributed by atoms with Crippen molar-refractivity contribution in [1.82, 2.24) is 9.66 Å². The van der Waals surface area contributed by atoms with Gasteiger partial charge in [-0.25, -0.2) is 4.98 Å². The summed E-state index contributed by atoms with van der Waals surface area (Å²) in [4.78, 5) is 18.0. The highest BCUT2D eigenvalue weighted by molar-refractivity contribution is 6.32. The average Bonchev–Trinajstić information content (AvgIpc) is 2.89. The Hall–Kier alpha value is -4.22. The van der Waals surface area contributed by atoms with Crippen molar-refractivity contribution in [3.63, 3.8) is 0 Å². The van der Waals surface area contributed by atoms with E-state index >= 15 is 0 Å². The van der Waals surface area contributed by atoms with Crippen LogP contribution in [-0.2, 0) is 6.61 Å². The number of para-hydroxylation sites is 1. The number of ether oxygens (including phenoxy) is 1. The van der Waals surface area contributed by atoms with Crippen molar-refractivity contribution >= 4 is 28.7 Å². The van der Waals surface area contributed by atoms with E-state index in [1.165, 1.54) is 10.2 Å². The molecule has 6 heteroatoms. The fraction of sp³-hybridized carbons (Fsp3) is 0.0690. The number of rotatable bonds is 6. The minimum Gasteiger partial charge on any atom is -0.487 e. The van der Waals surface area contributed by atoms with Gasteiger partial charge in [-0.3, -0.25) is 4.79 Å². The Balaban J connectivity index is 1.45. The van der Waals surface area contributed by atoms with Gasteiger partial charge in [-0.05, 0) is 48.4 Å². The molecule has 0 aliphatic heterocycles. The average molecular weight is 480 g/mol. The monoisotopic (exact) mass is 479 g/mol. The molecule has 172 valence electrons. The second-order valence-electron chi connectivity index (χ2n) is 8.14. The van der Waals surface area contributed by atoms with E-state index in [9.17, 15) is 4.79 Å². The molecule has 1 heterocycles. The molecule has 4 aromatic carbocycles. The van der Waals surface area contributed by atoms with Crippen molar-refractivity contribution in [1.29, 1.82) is 0 Å². The smallest absolute Gasteiger partial charge is 0.282 e. The second kappa shape index (κ2) is 9.95. The van der Waals surface area contributed by atoms with E-state index in [4.69, 9.17) is 21.3 Å². The molecule has 1 aromatic heterocycles. The lowest BCUT2D eigenvalue weighted by molar-refractivity contribution is 0.306. The van der Waals surface area contributed by atoms with Crippen LogP contribution in [0.4, 0.5) is 0 Å². The second-order valence-corrected chi connectivity index (χ2v) is 8.55. The Morgan fingerprint density at radius 3 is 2.46 bits per heavy atom. The first kappa shape index (κ1) is 22.6.